The number of hydrogen-bond acceptors (Lipinski definition) is 6. The molecule has 2 heterocycles. The zero-order valence-electron chi connectivity index (χ0n) is 18.3. The first kappa shape index (κ1) is 23.1. The third-order valence-electron chi connectivity index (χ3n) is 4.61. The highest BCUT2D eigenvalue weighted by atomic mass is 79.9. The fourth-order valence-electron chi connectivity index (χ4n) is 3.36. The van der Waals surface area contributed by atoms with Crippen molar-refractivity contribution in [1.29, 1.82) is 0 Å². The van der Waals surface area contributed by atoms with Crippen molar-refractivity contribution in [2.24, 2.45) is 5.92 Å². The van der Waals surface area contributed by atoms with Gasteiger partial charge >= 0.3 is 11.7 Å². The van der Waals surface area contributed by atoms with Crippen LogP contribution in [0.25, 0.3) is 21.7 Å². The number of nitrogens with zero attached hydrogens (tertiary/aromatic N) is 1. The predicted molar refractivity (Wildman–Crippen MR) is 124 cm³/mol. The number of benzene rings is 1. The van der Waals surface area contributed by atoms with Crippen LogP contribution in [0.1, 0.15) is 41.0 Å². The summed E-state index contributed by atoms with van der Waals surface area (Å²) >= 11 is 3.55. The Morgan fingerprint density at radius 1 is 1.23 bits per heavy atom. The smallest absolute Gasteiger partial charge is 0.407 e. The molecule has 166 valence electrons. The van der Waals surface area contributed by atoms with Gasteiger partial charge in [0.05, 0.1) is 16.5 Å². The number of carbonyl (C=O) groups excluding carboxylic acids is 1. The third-order valence-corrected chi connectivity index (χ3v) is 5.23. The molecule has 2 atom stereocenters. The van der Waals surface area contributed by atoms with Crippen LogP contribution < -0.4 is 15.7 Å². The topological polar surface area (TPSA) is 90.7 Å². The van der Waals surface area contributed by atoms with Crippen molar-refractivity contribution >= 4 is 43.8 Å². The second-order valence-corrected chi connectivity index (χ2v) is 9.64. The van der Waals surface area contributed by atoms with E-state index >= 15 is 0 Å². The van der Waals surface area contributed by atoms with Crippen LogP contribution in [-0.4, -0.2) is 29.3 Å². The standard InChI is InChI=1S/C23H27BrN2O5/c1-13(8-14(2)26-22(28)31-23(3,4)5)12-29-20-10-19-16(9-18(20)24)15-6-7-25-11-17(15)21(27)30-19/h6-7,9-11,13-14H,8,12H2,1-5H3,(H,26,28). The van der Waals surface area contributed by atoms with Crippen LogP contribution in [0.15, 0.2) is 44.3 Å². The van der Waals surface area contributed by atoms with E-state index in [1.807, 2.05) is 40.7 Å². The van der Waals surface area contributed by atoms with Gasteiger partial charge in [-0.3, -0.25) is 4.98 Å². The summed E-state index contributed by atoms with van der Waals surface area (Å²) in [7, 11) is 0. The number of pyridine rings is 1. The van der Waals surface area contributed by atoms with E-state index in [1.165, 1.54) is 6.20 Å². The van der Waals surface area contributed by atoms with Gasteiger partial charge in [0.1, 0.15) is 16.9 Å². The molecule has 7 nitrogen and oxygen atoms in total. The molecule has 31 heavy (non-hydrogen) atoms. The lowest BCUT2D eigenvalue weighted by atomic mass is 10.0. The first-order valence-corrected chi connectivity index (χ1v) is 10.9. The number of aromatic nitrogens is 1. The molecule has 0 saturated carbocycles. The molecule has 0 aliphatic heterocycles. The van der Waals surface area contributed by atoms with Gasteiger partial charge in [-0.25, -0.2) is 9.59 Å². The molecular formula is C23H27BrN2O5. The van der Waals surface area contributed by atoms with Crippen molar-refractivity contribution in [3.8, 4) is 5.75 Å². The molecule has 1 N–H and O–H groups in total. The Bertz CT molecular complexity index is 1150. The molecule has 0 spiro atoms. The monoisotopic (exact) mass is 490 g/mol. The molecule has 3 aromatic rings. The van der Waals surface area contributed by atoms with Crippen LogP contribution in [0.2, 0.25) is 0 Å². The Balaban J connectivity index is 1.67. The Morgan fingerprint density at radius 3 is 2.68 bits per heavy atom. The van der Waals surface area contributed by atoms with Crippen LogP contribution in [0.3, 0.4) is 0 Å². The number of carbonyl (C=O) groups is 1. The highest BCUT2D eigenvalue weighted by Crippen LogP contribution is 2.33. The van der Waals surface area contributed by atoms with E-state index in [0.717, 1.165) is 21.7 Å². The van der Waals surface area contributed by atoms with Crippen molar-refractivity contribution in [1.82, 2.24) is 10.3 Å². The SMILES string of the molecule is CC(COc1cc2oc(=O)c3cnccc3c2cc1Br)CC(C)NC(=O)OC(C)(C)C. The normalized spacial score (nSPS) is 13.7. The van der Waals surface area contributed by atoms with Gasteiger partial charge in [0, 0.05) is 35.3 Å². The summed E-state index contributed by atoms with van der Waals surface area (Å²) in [6, 6.07) is 5.33. The number of halogens is 1. The van der Waals surface area contributed by atoms with Crippen molar-refractivity contribution in [3.05, 3.63) is 45.5 Å². The summed E-state index contributed by atoms with van der Waals surface area (Å²) in [5.74, 6) is 0.755. The number of ether oxygens (including phenoxy) is 2. The molecule has 1 amide bonds. The summed E-state index contributed by atoms with van der Waals surface area (Å²) < 4.78 is 17.5. The maximum absolute atomic E-state index is 12.2. The minimum Gasteiger partial charge on any atom is -0.492 e. The van der Waals surface area contributed by atoms with Crippen LogP contribution >= 0.6 is 15.9 Å². The minimum atomic E-state index is -0.530. The quantitative estimate of drug-likeness (QED) is 0.366. The number of amides is 1. The zero-order valence-corrected chi connectivity index (χ0v) is 19.9. The Labute approximate surface area is 189 Å². The van der Waals surface area contributed by atoms with Gasteiger partial charge in [-0.15, -0.1) is 0 Å². The average Bonchev–Trinajstić information content (AvgIpc) is 2.65. The molecule has 0 aliphatic carbocycles. The van der Waals surface area contributed by atoms with E-state index in [1.54, 1.807) is 18.3 Å². The van der Waals surface area contributed by atoms with Crippen LogP contribution in [-0.2, 0) is 4.74 Å². The van der Waals surface area contributed by atoms with Crippen LogP contribution in [0.4, 0.5) is 4.79 Å². The fourth-order valence-corrected chi connectivity index (χ4v) is 3.82. The van der Waals surface area contributed by atoms with E-state index in [9.17, 15) is 9.59 Å². The number of alkyl carbamates (subject to hydrolysis) is 1. The first-order valence-electron chi connectivity index (χ1n) is 10.2. The van der Waals surface area contributed by atoms with Gasteiger partial charge in [-0.1, -0.05) is 6.92 Å². The highest BCUT2D eigenvalue weighted by molar-refractivity contribution is 9.10. The molecule has 8 heteroatoms. The Morgan fingerprint density at radius 2 is 1.97 bits per heavy atom. The number of hydrogen-bond donors (Lipinski definition) is 1. The molecule has 0 aliphatic rings. The minimum absolute atomic E-state index is 0.0634. The summed E-state index contributed by atoms with van der Waals surface area (Å²) in [4.78, 5) is 28.2. The molecule has 0 bridgehead atoms. The Kier molecular flexibility index (Phi) is 6.89. The molecule has 0 fully saturated rings. The molecule has 2 aromatic heterocycles. The summed E-state index contributed by atoms with van der Waals surface area (Å²) in [5, 5.41) is 4.87. The molecule has 2 unspecified atom stereocenters. The van der Waals surface area contributed by atoms with E-state index < -0.39 is 17.3 Å². The van der Waals surface area contributed by atoms with E-state index in [4.69, 9.17) is 13.9 Å². The largest absolute Gasteiger partial charge is 0.492 e. The lowest BCUT2D eigenvalue weighted by molar-refractivity contribution is 0.0500. The zero-order chi connectivity index (χ0) is 22.8. The van der Waals surface area contributed by atoms with Crippen LogP contribution in [0.5, 0.6) is 5.75 Å². The Hall–Kier alpha value is -2.61. The molecule has 0 radical (unpaired) electrons. The van der Waals surface area contributed by atoms with Gasteiger partial charge in [0.25, 0.3) is 0 Å². The number of rotatable bonds is 6. The predicted octanol–water partition coefficient (Wildman–Crippen LogP) is 5.42. The van der Waals surface area contributed by atoms with Gasteiger partial charge in [-0.05, 0) is 68.1 Å². The van der Waals surface area contributed by atoms with Crippen LogP contribution in [0, 0.1) is 5.92 Å². The third kappa shape index (κ3) is 5.97. The molecular weight excluding hydrogens is 464 g/mol. The van der Waals surface area contributed by atoms with Crippen molar-refractivity contribution in [2.45, 2.75) is 52.7 Å². The number of nitrogens with one attached hydrogen (secondary N) is 1. The summed E-state index contributed by atoms with van der Waals surface area (Å²) in [6.07, 6.45) is 3.45. The summed E-state index contributed by atoms with van der Waals surface area (Å²) in [5.41, 5.74) is -0.508. The highest BCUT2D eigenvalue weighted by Gasteiger charge is 2.19. The van der Waals surface area contributed by atoms with E-state index in [-0.39, 0.29) is 12.0 Å². The van der Waals surface area contributed by atoms with Gasteiger partial charge in [-0.2, -0.15) is 0 Å². The lowest BCUT2D eigenvalue weighted by Crippen LogP contribution is -2.38. The van der Waals surface area contributed by atoms with E-state index in [2.05, 4.69) is 26.2 Å². The molecule has 3 rings (SSSR count). The van der Waals surface area contributed by atoms with Gasteiger partial charge in [0.2, 0.25) is 0 Å². The molecule has 0 saturated heterocycles. The maximum atomic E-state index is 12.2. The fraction of sp³-hybridized carbons (Fsp3) is 0.435. The number of fused-ring (bicyclic) bond motifs is 3. The van der Waals surface area contributed by atoms with Gasteiger partial charge in [0.15, 0.2) is 0 Å². The lowest BCUT2D eigenvalue weighted by Gasteiger charge is -2.23. The van der Waals surface area contributed by atoms with Crippen molar-refractivity contribution in [2.75, 3.05) is 6.61 Å². The second-order valence-electron chi connectivity index (χ2n) is 8.79. The first-order chi connectivity index (χ1) is 14.5. The van der Waals surface area contributed by atoms with Crippen molar-refractivity contribution in [3.63, 3.8) is 0 Å². The van der Waals surface area contributed by atoms with Crippen molar-refractivity contribution < 1.29 is 18.7 Å². The van der Waals surface area contributed by atoms with Gasteiger partial charge < -0.3 is 19.2 Å². The average molecular weight is 491 g/mol. The maximum Gasteiger partial charge on any atom is 0.407 e. The second kappa shape index (κ2) is 9.26. The van der Waals surface area contributed by atoms with E-state index in [0.29, 0.717) is 23.3 Å². The summed E-state index contributed by atoms with van der Waals surface area (Å²) in [6.45, 7) is 9.90. The molecule has 1 aromatic carbocycles.